The second kappa shape index (κ2) is 6.08. The van der Waals surface area contributed by atoms with Crippen LogP contribution in [0, 0.1) is 12.7 Å². The molecule has 0 aliphatic rings. The van der Waals surface area contributed by atoms with Gasteiger partial charge in [0.05, 0.1) is 5.69 Å². The zero-order valence-electron chi connectivity index (χ0n) is 10.9. The molecular formula is C15H13FN2O2. The van der Waals surface area contributed by atoms with Gasteiger partial charge in [0.1, 0.15) is 17.5 Å². The second-order valence-electron chi connectivity index (χ2n) is 4.41. The summed E-state index contributed by atoms with van der Waals surface area (Å²) in [5, 5.41) is 0. The first-order chi connectivity index (χ1) is 9.60. The maximum Gasteiger partial charge on any atom is 0.269 e. The van der Waals surface area contributed by atoms with Crippen molar-refractivity contribution in [3.63, 3.8) is 0 Å². The number of carbonyl (C=O) groups excluding carboxylic acids is 1. The van der Waals surface area contributed by atoms with Gasteiger partial charge in [-0.25, -0.2) is 14.2 Å². The van der Waals surface area contributed by atoms with Crippen molar-refractivity contribution < 1.29 is 9.18 Å². The van der Waals surface area contributed by atoms with Crippen LogP contribution in [0.15, 0.2) is 29.1 Å². The molecule has 5 heteroatoms. The highest BCUT2D eigenvalue weighted by molar-refractivity contribution is 5.73. The van der Waals surface area contributed by atoms with Gasteiger partial charge in [-0.05, 0) is 37.5 Å². The Morgan fingerprint density at radius 3 is 2.90 bits per heavy atom. The van der Waals surface area contributed by atoms with Gasteiger partial charge in [-0.1, -0.05) is 12.1 Å². The highest BCUT2D eigenvalue weighted by atomic mass is 19.1. The predicted octanol–water partition coefficient (Wildman–Crippen LogP) is 1.85. The largest absolute Gasteiger partial charge is 0.323 e. The molecule has 0 aliphatic carbocycles. The molecule has 0 unspecified atom stereocenters. The van der Waals surface area contributed by atoms with Gasteiger partial charge >= 0.3 is 0 Å². The normalized spacial score (nSPS) is 10.1. The lowest BCUT2D eigenvalue weighted by atomic mass is 10.1. The Balaban J connectivity index is 2.23. The summed E-state index contributed by atoms with van der Waals surface area (Å²) in [6.45, 7) is 1.66. The molecule has 2 aromatic rings. The molecule has 0 radical (unpaired) electrons. The fourth-order valence-corrected chi connectivity index (χ4v) is 1.91. The minimum Gasteiger partial charge on any atom is -0.323 e. The van der Waals surface area contributed by atoms with E-state index in [1.165, 1.54) is 18.2 Å². The van der Waals surface area contributed by atoms with Gasteiger partial charge in [0.25, 0.3) is 5.56 Å². The van der Waals surface area contributed by atoms with Gasteiger partial charge in [-0.3, -0.25) is 4.79 Å². The Hall–Kier alpha value is -2.52. The van der Waals surface area contributed by atoms with E-state index in [0.29, 0.717) is 29.9 Å². The van der Waals surface area contributed by atoms with E-state index in [0.717, 1.165) is 5.56 Å². The quantitative estimate of drug-likeness (QED) is 0.864. The topological polar surface area (TPSA) is 62.8 Å². The lowest BCUT2D eigenvalue weighted by molar-refractivity contribution is 0.570. The van der Waals surface area contributed by atoms with Crippen molar-refractivity contribution in [1.29, 1.82) is 0 Å². The van der Waals surface area contributed by atoms with Gasteiger partial charge in [0.15, 0.2) is 0 Å². The fourth-order valence-electron chi connectivity index (χ4n) is 1.91. The van der Waals surface area contributed by atoms with E-state index in [2.05, 4.69) is 9.97 Å². The summed E-state index contributed by atoms with van der Waals surface area (Å²) < 4.78 is 13.1. The van der Waals surface area contributed by atoms with Crippen molar-refractivity contribution in [2.24, 2.45) is 0 Å². The number of nitrogens with one attached hydrogen (secondary N) is 1. The number of rotatable bonds is 4. The molecule has 0 amide bonds. The number of aryl methyl sites for hydroxylation is 3. The number of aromatic amines is 1. The average Bonchev–Trinajstić information content (AvgIpc) is 2.41. The van der Waals surface area contributed by atoms with Crippen LogP contribution < -0.4 is 5.56 Å². The molecule has 2 rings (SSSR count). The predicted molar refractivity (Wildman–Crippen MR) is 73.6 cm³/mol. The lowest BCUT2D eigenvalue weighted by Crippen LogP contribution is -2.18. The van der Waals surface area contributed by atoms with E-state index in [1.807, 2.05) is 0 Å². The molecule has 0 spiro atoms. The van der Waals surface area contributed by atoms with Crippen LogP contribution in [-0.4, -0.2) is 15.9 Å². The van der Waals surface area contributed by atoms with Crippen LogP contribution in [-0.2, 0) is 17.6 Å². The van der Waals surface area contributed by atoms with Crippen LogP contribution in [0.3, 0.4) is 0 Å². The van der Waals surface area contributed by atoms with Crippen molar-refractivity contribution in [3.05, 3.63) is 63.1 Å². The number of nitrogens with zero attached hydrogens (tertiary/aromatic N) is 1. The van der Waals surface area contributed by atoms with Gasteiger partial charge in [0.2, 0.25) is 0 Å². The van der Waals surface area contributed by atoms with Crippen molar-refractivity contribution in [1.82, 2.24) is 9.97 Å². The molecule has 102 valence electrons. The van der Waals surface area contributed by atoms with E-state index in [4.69, 9.17) is 0 Å². The van der Waals surface area contributed by atoms with Gasteiger partial charge in [-0.15, -0.1) is 0 Å². The standard InChI is InChI=1S/C15H13FN2O2/c1-10-13(7-8-19)18-14(15(20)17-10)6-5-11-3-2-4-12(16)9-11/h2-4,7,9H,5-6H2,1H3,(H,17,20). The Kier molecular flexibility index (Phi) is 4.23. The summed E-state index contributed by atoms with van der Waals surface area (Å²) in [4.78, 5) is 28.9. The van der Waals surface area contributed by atoms with Crippen LogP contribution in [0.2, 0.25) is 0 Å². The van der Waals surface area contributed by atoms with Crippen LogP contribution in [0.4, 0.5) is 4.39 Å². The van der Waals surface area contributed by atoms with Crippen molar-refractivity contribution in [3.8, 4) is 0 Å². The summed E-state index contributed by atoms with van der Waals surface area (Å²) in [5.74, 6) is 1.34. The number of aromatic nitrogens is 2. The van der Waals surface area contributed by atoms with Gasteiger partial charge in [-0.2, -0.15) is 0 Å². The first-order valence-electron chi connectivity index (χ1n) is 6.15. The molecule has 1 aromatic heterocycles. The third kappa shape index (κ3) is 3.28. The Bertz CT molecular complexity index is 731. The third-order valence-corrected chi connectivity index (χ3v) is 2.94. The third-order valence-electron chi connectivity index (χ3n) is 2.94. The van der Waals surface area contributed by atoms with Crippen LogP contribution >= 0.6 is 0 Å². The molecule has 1 heterocycles. The molecule has 0 saturated carbocycles. The second-order valence-corrected chi connectivity index (χ2v) is 4.41. The van der Waals surface area contributed by atoms with E-state index in [-0.39, 0.29) is 11.4 Å². The highest BCUT2D eigenvalue weighted by Gasteiger charge is 2.07. The molecule has 0 aliphatic heterocycles. The van der Waals surface area contributed by atoms with E-state index in [1.54, 1.807) is 25.0 Å². The molecule has 20 heavy (non-hydrogen) atoms. The van der Waals surface area contributed by atoms with Crippen molar-refractivity contribution in [2.75, 3.05) is 0 Å². The first-order valence-corrected chi connectivity index (χ1v) is 6.15. The zero-order valence-corrected chi connectivity index (χ0v) is 10.9. The minimum absolute atomic E-state index is 0.290. The lowest BCUT2D eigenvalue weighted by Gasteiger charge is -2.04. The Labute approximate surface area is 115 Å². The summed E-state index contributed by atoms with van der Waals surface area (Å²) in [7, 11) is 0. The van der Waals surface area contributed by atoms with E-state index < -0.39 is 0 Å². The maximum atomic E-state index is 13.1. The maximum absolute atomic E-state index is 13.1. The van der Waals surface area contributed by atoms with Gasteiger partial charge in [0, 0.05) is 11.8 Å². The van der Waals surface area contributed by atoms with Gasteiger partial charge < -0.3 is 4.98 Å². The first kappa shape index (κ1) is 13.9. The SMILES string of the molecule is Cc1[nH]c(=O)c(CCc2cccc(F)c2)nc1C=C=O. The molecular weight excluding hydrogens is 259 g/mol. The number of H-pyrrole nitrogens is 1. The van der Waals surface area contributed by atoms with Crippen LogP contribution in [0.25, 0.3) is 6.08 Å². The van der Waals surface area contributed by atoms with Crippen LogP contribution in [0.5, 0.6) is 0 Å². The highest BCUT2D eigenvalue weighted by Crippen LogP contribution is 2.07. The molecule has 4 nitrogen and oxygen atoms in total. The van der Waals surface area contributed by atoms with E-state index in [9.17, 15) is 14.0 Å². The molecule has 1 N–H and O–H groups in total. The monoisotopic (exact) mass is 272 g/mol. The minimum atomic E-state index is -0.308. The molecule has 0 atom stereocenters. The molecule has 0 saturated heterocycles. The number of halogens is 1. The molecule has 0 fully saturated rings. The Morgan fingerprint density at radius 1 is 1.40 bits per heavy atom. The van der Waals surface area contributed by atoms with E-state index >= 15 is 0 Å². The summed E-state index contributed by atoms with van der Waals surface area (Å²) in [5.41, 5.74) is 1.74. The average molecular weight is 272 g/mol. The number of benzene rings is 1. The molecule has 1 aromatic carbocycles. The van der Waals surface area contributed by atoms with Crippen molar-refractivity contribution >= 4 is 12.0 Å². The summed E-state index contributed by atoms with van der Waals surface area (Å²) in [6.07, 6.45) is 2.05. The fraction of sp³-hybridized carbons (Fsp3) is 0.200. The zero-order chi connectivity index (χ0) is 14.5. The smallest absolute Gasteiger partial charge is 0.269 e. The number of hydrogen-bond acceptors (Lipinski definition) is 3. The summed E-state index contributed by atoms with van der Waals surface area (Å²) >= 11 is 0. The molecule has 0 bridgehead atoms. The number of hydrogen-bond donors (Lipinski definition) is 1. The summed E-state index contributed by atoms with van der Waals surface area (Å²) in [6, 6.07) is 6.21. The Morgan fingerprint density at radius 2 is 2.20 bits per heavy atom. The van der Waals surface area contributed by atoms with Crippen LogP contribution in [0.1, 0.15) is 22.6 Å². The van der Waals surface area contributed by atoms with Crippen molar-refractivity contribution in [2.45, 2.75) is 19.8 Å².